The number of nitrogen functional groups attached to an aromatic ring is 1. The summed E-state index contributed by atoms with van der Waals surface area (Å²) in [6.45, 7) is 8.41. The Kier molecular flexibility index (Phi) is 3.64. The lowest BCUT2D eigenvalue weighted by molar-refractivity contribution is 0.474. The molecule has 2 rings (SSSR count). The van der Waals surface area contributed by atoms with Crippen LogP contribution in [0.3, 0.4) is 0 Å². The highest BCUT2D eigenvalue weighted by molar-refractivity contribution is 7.91. The van der Waals surface area contributed by atoms with Crippen LogP contribution in [0.2, 0.25) is 0 Å². The second-order valence-electron chi connectivity index (χ2n) is 5.93. The van der Waals surface area contributed by atoms with E-state index < -0.39 is 9.84 Å². The fourth-order valence-corrected chi connectivity index (χ4v) is 4.23. The van der Waals surface area contributed by atoms with E-state index in [1.165, 1.54) is 0 Å². The first-order valence-corrected chi connectivity index (χ1v) is 8.60. The topological polar surface area (TPSA) is 78.0 Å². The van der Waals surface area contributed by atoms with Gasteiger partial charge in [0.15, 0.2) is 9.84 Å². The maximum Gasteiger partial charge on any atom is 0.152 e. The van der Waals surface area contributed by atoms with Crippen molar-refractivity contribution in [2.75, 3.05) is 17.2 Å². The Bertz CT molecular complexity index is 575. The van der Waals surface area contributed by atoms with Crippen molar-refractivity contribution in [3.8, 4) is 0 Å². The standard InChI is InChI=1S/C13H23N3O2S/c1-8(2)9(3)12-10(4)13(14)16(15-12)11-5-6-19(17,18)7-11/h8-9,11H,5-7,14H2,1-4H3. The van der Waals surface area contributed by atoms with Crippen molar-refractivity contribution in [2.45, 2.75) is 46.1 Å². The molecule has 0 amide bonds. The van der Waals surface area contributed by atoms with Gasteiger partial charge in [0.25, 0.3) is 0 Å². The highest BCUT2D eigenvalue weighted by atomic mass is 32.2. The van der Waals surface area contributed by atoms with Gasteiger partial charge in [-0.25, -0.2) is 13.1 Å². The van der Waals surface area contributed by atoms with Crippen molar-refractivity contribution in [1.29, 1.82) is 0 Å². The van der Waals surface area contributed by atoms with E-state index in [4.69, 9.17) is 5.73 Å². The Morgan fingerprint density at radius 1 is 1.37 bits per heavy atom. The third kappa shape index (κ3) is 2.63. The molecule has 1 aliphatic heterocycles. The summed E-state index contributed by atoms with van der Waals surface area (Å²) >= 11 is 0. The van der Waals surface area contributed by atoms with Crippen LogP contribution in [0.5, 0.6) is 0 Å². The summed E-state index contributed by atoms with van der Waals surface area (Å²) in [5.74, 6) is 1.82. The van der Waals surface area contributed by atoms with E-state index in [0.29, 0.717) is 24.1 Å². The molecule has 0 radical (unpaired) electrons. The van der Waals surface area contributed by atoms with E-state index in [9.17, 15) is 8.42 Å². The van der Waals surface area contributed by atoms with E-state index in [1.54, 1.807) is 4.68 Å². The number of sulfone groups is 1. The molecule has 1 aliphatic rings. The maximum atomic E-state index is 11.6. The molecule has 0 spiro atoms. The molecule has 6 heteroatoms. The number of hydrogen-bond donors (Lipinski definition) is 1. The summed E-state index contributed by atoms with van der Waals surface area (Å²) in [7, 11) is -2.92. The molecule has 0 aromatic carbocycles. The van der Waals surface area contributed by atoms with Gasteiger partial charge in [-0.2, -0.15) is 5.10 Å². The SMILES string of the molecule is Cc1c(C(C)C(C)C)nn(C2CCS(=O)(=O)C2)c1N. The molecule has 2 atom stereocenters. The molecule has 1 aromatic heterocycles. The average molecular weight is 285 g/mol. The summed E-state index contributed by atoms with van der Waals surface area (Å²) in [5, 5.41) is 4.61. The van der Waals surface area contributed by atoms with E-state index in [1.807, 2.05) is 6.92 Å². The Morgan fingerprint density at radius 3 is 2.47 bits per heavy atom. The predicted molar refractivity (Wildman–Crippen MR) is 76.9 cm³/mol. The van der Waals surface area contributed by atoms with Crippen LogP contribution in [-0.2, 0) is 9.84 Å². The fourth-order valence-electron chi connectivity index (χ4n) is 2.54. The number of hydrogen-bond acceptors (Lipinski definition) is 4. The highest BCUT2D eigenvalue weighted by Gasteiger charge is 2.32. The monoisotopic (exact) mass is 285 g/mol. The molecule has 0 aliphatic carbocycles. The Morgan fingerprint density at radius 2 is 2.00 bits per heavy atom. The van der Waals surface area contributed by atoms with Crippen molar-refractivity contribution in [3.05, 3.63) is 11.3 Å². The first kappa shape index (κ1) is 14.4. The second-order valence-corrected chi connectivity index (χ2v) is 8.16. The third-order valence-electron chi connectivity index (χ3n) is 4.22. The molecular weight excluding hydrogens is 262 g/mol. The zero-order chi connectivity index (χ0) is 14.4. The molecule has 2 N–H and O–H groups in total. The van der Waals surface area contributed by atoms with Crippen LogP contribution in [0, 0.1) is 12.8 Å². The summed E-state index contributed by atoms with van der Waals surface area (Å²) in [4.78, 5) is 0. The molecule has 0 saturated carbocycles. The molecule has 1 aromatic rings. The molecular formula is C13H23N3O2S. The molecule has 5 nitrogen and oxygen atoms in total. The summed E-state index contributed by atoms with van der Waals surface area (Å²) in [6.07, 6.45) is 0.614. The van der Waals surface area contributed by atoms with Gasteiger partial charge in [-0.1, -0.05) is 20.8 Å². The Labute approximate surface area is 115 Å². The van der Waals surface area contributed by atoms with E-state index >= 15 is 0 Å². The maximum absolute atomic E-state index is 11.6. The van der Waals surface area contributed by atoms with Crippen LogP contribution in [0.15, 0.2) is 0 Å². The number of aromatic nitrogens is 2. The molecule has 108 valence electrons. The number of anilines is 1. The lowest BCUT2D eigenvalue weighted by Gasteiger charge is -2.14. The first-order valence-electron chi connectivity index (χ1n) is 6.78. The second kappa shape index (κ2) is 4.81. The molecule has 0 bridgehead atoms. The van der Waals surface area contributed by atoms with Crippen molar-refractivity contribution >= 4 is 15.7 Å². The minimum absolute atomic E-state index is 0.100. The van der Waals surface area contributed by atoms with Crippen molar-refractivity contribution in [3.63, 3.8) is 0 Å². The molecule has 1 fully saturated rings. The van der Waals surface area contributed by atoms with Crippen molar-refractivity contribution in [2.24, 2.45) is 5.92 Å². The molecule has 2 unspecified atom stereocenters. The zero-order valence-electron chi connectivity index (χ0n) is 12.0. The third-order valence-corrected chi connectivity index (χ3v) is 5.97. The lowest BCUT2D eigenvalue weighted by atomic mass is 9.93. The van der Waals surface area contributed by atoms with Gasteiger partial charge in [0.2, 0.25) is 0 Å². The van der Waals surface area contributed by atoms with Gasteiger partial charge in [-0.3, -0.25) is 0 Å². The Balaban J connectivity index is 2.36. The summed E-state index contributed by atoms with van der Waals surface area (Å²) in [5.41, 5.74) is 8.10. The number of nitrogens with zero attached hydrogens (tertiary/aromatic N) is 2. The quantitative estimate of drug-likeness (QED) is 0.920. The van der Waals surface area contributed by atoms with Gasteiger partial charge < -0.3 is 5.73 Å². The van der Waals surface area contributed by atoms with Crippen LogP contribution in [0.25, 0.3) is 0 Å². The minimum Gasteiger partial charge on any atom is -0.384 e. The smallest absolute Gasteiger partial charge is 0.152 e. The fraction of sp³-hybridized carbons (Fsp3) is 0.769. The average Bonchev–Trinajstić information content (AvgIpc) is 2.81. The van der Waals surface area contributed by atoms with Crippen molar-refractivity contribution < 1.29 is 8.42 Å². The van der Waals surface area contributed by atoms with E-state index in [0.717, 1.165) is 11.3 Å². The van der Waals surface area contributed by atoms with Gasteiger partial charge in [-0.15, -0.1) is 0 Å². The van der Waals surface area contributed by atoms with Crippen LogP contribution >= 0.6 is 0 Å². The van der Waals surface area contributed by atoms with Crippen LogP contribution < -0.4 is 5.73 Å². The van der Waals surface area contributed by atoms with Crippen LogP contribution in [-0.4, -0.2) is 29.7 Å². The van der Waals surface area contributed by atoms with Gasteiger partial charge in [-0.05, 0) is 19.3 Å². The van der Waals surface area contributed by atoms with Crippen molar-refractivity contribution in [1.82, 2.24) is 9.78 Å². The molecule has 19 heavy (non-hydrogen) atoms. The van der Waals surface area contributed by atoms with E-state index in [2.05, 4.69) is 25.9 Å². The zero-order valence-corrected chi connectivity index (χ0v) is 12.9. The largest absolute Gasteiger partial charge is 0.384 e. The normalized spacial score (nSPS) is 23.9. The van der Waals surface area contributed by atoms with Gasteiger partial charge >= 0.3 is 0 Å². The van der Waals surface area contributed by atoms with Crippen LogP contribution in [0.1, 0.15) is 50.4 Å². The Hall–Kier alpha value is -1.04. The summed E-state index contributed by atoms with van der Waals surface area (Å²) in [6, 6.07) is -0.100. The molecule has 2 heterocycles. The minimum atomic E-state index is -2.92. The number of nitrogens with two attached hydrogens (primary N) is 1. The van der Waals surface area contributed by atoms with Crippen LogP contribution in [0.4, 0.5) is 5.82 Å². The van der Waals surface area contributed by atoms with E-state index in [-0.39, 0.29) is 17.5 Å². The predicted octanol–water partition coefficient (Wildman–Crippen LogP) is 1.89. The molecule has 1 saturated heterocycles. The van der Waals surface area contributed by atoms with Gasteiger partial charge in [0, 0.05) is 11.5 Å². The number of rotatable bonds is 3. The highest BCUT2D eigenvalue weighted by Crippen LogP contribution is 2.32. The first-order chi connectivity index (χ1) is 8.73. The van der Waals surface area contributed by atoms with Gasteiger partial charge in [0.05, 0.1) is 23.2 Å². The summed E-state index contributed by atoms with van der Waals surface area (Å²) < 4.78 is 24.9. The lowest BCUT2D eigenvalue weighted by Crippen LogP contribution is -2.15. The van der Waals surface area contributed by atoms with Gasteiger partial charge in [0.1, 0.15) is 5.82 Å².